The van der Waals surface area contributed by atoms with E-state index in [1.807, 2.05) is 0 Å². The van der Waals surface area contributed by atoms with Crippen molar-refractivity contribution in [2.45, 2.75) is 53.1 Å². The standard InChI is InChI=1S/C16H32N6O/c1-6-15-21-19-12-22(15)10-9-18-16(17-8-7-11-23-5)20-14(4)13(2)3/h12-14H,6-11H2,1-5H3,(H2,17,18,20). The molecule has 0 saturated heterocycles. The molecule has 23 heavy (non-hydrogen) atoms. The van der Waals surface area contributed by atoms with Gasteiger partial charge in [0.1, 0.15) is 12.2 Å². The first-order valence-corrected chi connectivity index (χ1v) is 8.48. The van der Waals surface area contributed by atoms with E-state index in [0.29, 0.717) is 12.0 Å². The quantitative estimate of drug-likeness (QED) is 0.387. The number of nitrogens with one attached hydrogen (secondary N) is 2. The molecule has 7 nitrogen and oxygen atoms in total. The Hall–Kier alpha value is -1.63. The number of hydrogen-bond acceptors (Lipinski definition) is 4. The van der Waals surface area contributed by atoms with Gasteiger partial charge in [0.05, 0.1) is 0 Å². The summed E-state index contributed by atoms with van der Waals surface area (Å²) in [5, 5.41) is 14.9. The summed E-state index contributed by atoms with van der Waals surface area (Å²) in [6, 6.07) is 0.366. The molecule has 0 spiro atoms. The lowest BCUT2D eigenvalue weighted by atomic mass is 10.1. The van der Waals surface area contributed by atoms with Gasteiger partial charge in [-0.2, -0.15) is 0 Å². The molecule has 1 aromatic rings. The molecule has 132 valence electrons. The Morgan fingerprint density at radius 1 is 1.39 bits per heavy atom. The highest BCUT2D eigenvalue weighted by molar-refractivity contribution is 5.80. The van der Waals surface area contributed by atoms with Gasteiger partial charge in [-0.25, -0.2) is 0 Å². The molecule has 1 unspecified atom stereocenters. The molecule has 7 heteroatoms. The second-order valence-electron chi connectivity index (χ2n) is 5.97. The molecule has 1 aromatic heterocycles. The third-order valence-electron chi connectivity index (χ3n) is 3.80. The minimum absolute atomic E-state index is 0.366. The molecule has 0 fully saturated rings. The van der Waals surface area contributed by atoms with Gasteiger partial charge >= 0.3 is 0 Å². The van der Waals surface area contributed by atoms with E-state index in [-0.39, 0.29) is 0 Å². The van der Waals surface area contributed by atoms with Crippen LogP contribution >= 0.6 is 0 Å². The lowest BCUT2D eigenvalue weighted by molar-refractivity contribution is 0.197. The Labute approximate surface area is 139 Å². The molecule has 0 aliphatic carbocycles. The molecule has 0 aliphatic heterocycles. The van der Waals surface area contributed by atoms with E-state index in [4.69, 9.17) is 4.74 Å². The molecule has 1 heterocycles. The number of aliphatic imine (C=N–C) groups is 1. The minimum Gasteiger partial charge on any atom is -0.385 e. The van der Waals surface area contributed by atoms with Crippen LogP contribution in [0.15, 0.2) is 11.3 Å². The summed E-state index contributed by atoms with van der Waals surface area (Å²) in [6.45, 7) is 11.7. The topological polar surface area (TPSA) is 76.4 Å². The van der Waals surface area contributed by atoms with Crippen LogP contribution in [0, 0.1) is 5.92 Å². The van der Waals surface area contributed by atoms with Crippen molar-refractivity contribution in [2.75, 3.05) is 26.8 Å². The average molecular weight is 324 g/mol. The Balaban J connectivity index is 2.50. The number of aromatic nitrogens is 3. The van der Waals surface area contributed by atoms with Gasteiger partial charge in [0, 0.05) is 45.8 Å². The molecule has 0 radical (unpaired) electrons. The molecule has 0 saturated carbocycles. The Kier molecular flexibility index (Phi) is 9.28. The smallest absolute Gasteiger partial charge is 0.191 e. The molecule has 1 rings (SSSR count). The van der Waals surface area contributed by atoms with Crippen LogP contribution in [0.3, 0.4) is 0 Å². The van der Waals surface area contributed by atoms with Gasteiger partial charge in [-0.05, 0) is 19.3 Å². The van der Waals surface area contributed by atoms with Gasteiger partial charge in [0.2, 0.25) is 0 Å². The lowest BCUT2D eigenvalue weighted by Crippen LogP contribution is -2.45. The van der Waals surface area contributed by atoms with E-state index in [2.05, 4.69) is 58.1 Å². The van der Waals surface area contributed by atoms with Crippen LogP contribution in [0.4, 0.5) is 0 Å². The zero-order valence-corrected chi connectivity index (χ0v) is 15.2. The fourth-order valence-corrected chi connectivity index (χ4v) is 1.97. The number of methoxy groups -OCH3 is 1. The molecule has 0 aliphatic rings. The highest BCUT2D eigenvalue weighted by atomic mass is 16.5. The largest absolute Gasteiger partial charge is 0.385 e. The van der Waals surface area contributed by atoms with E-state index in [0.717, 1.165) is 50.9 Å². The fourth-order valence-electron chi connectivity index (χ4n) is 1.97. The highest BCUT2D eigenvalue weighted by Gasteiger charge is 2.09. The van der Waals surface area contributed by atoms with Crippen LogP contribution in [-0.4, -0.2) is 53.6 Å². The van der Waals surface area contributed by atoms with E-state index in [1.54, 1.807) is 13.4 Å². The van der Waals surface area contributed by atoms with E-state index in [1.165, 1.54) is 0 Å². The fraction of sp³-hybridized carbons (Fsp3) is 0.812. The zero-order chi connectivity index (χ0) is 17.1. The summed E-state index contributed by atoms with van der Waals surface area (Å²) in [4.78, 5) is 4.62. The van der Waals surface area contributed by atoms with Crippen molar-refractivity contribution in [3.05, 3.63) is 12.2 Å². The van der Waals surface area contributed by atoms with Gasteiger partial charge in [0.25, 0.3) is 0 Å². The second-order valence-corrected chi connectivity index (χ2v) is 5.97. The predicted molar refractivity (Wildman–Crippen MR) is 93.6 cm³/mol. The van der Waals surface area contributed by atoms with Crippen molar-refractivity contribution in [2.24, 2.45) is 10.9 Å². The summed E-state index contributed by atoms with van der Waals surface area (Å²) < 4.78 is 7.14. The minimum atomic E-state index is 0.366. The molecule has 2 N–H and O–H groups in total. The Morgan fingerprint density at radius 3 is 2.83 bits per heavy atom. The first-order chi connectivity index (χ1) is 11.1. The Morgan fingerprint density at radius 2 is 2.17 bits per heavy atom. The van der Waals surface area contributed by atoms with E-state index in [9.17, 15) is 0 Å². The number of rotatable bonds is 10. The predicted octanol–water partition coefficient (Wildman–Crippen LogP) is 1.46. The maximum atomic E-state index is 5.07. The first kappa shape index (κ1) is 19.4. The molecular formula is C16H32N6O. The van der Waals surface area contributed by atoms with Gasteiger partial charge < -0.3 is 19.9 Å². The number of aryl methyl sites for hydroxylation is 1. The van der Waals surface area contributed by atoms with Crippen molar-refractivity contribution >= 4 is 5.96 Å². The first-order valence-electron chi connectivity index (χ1n) is 8.48. The highest BCUT2D eigenvalue weighted by Crippen LogP contribution is 1.99. The molecular weight excluding hydrogens is 292 g/mol. The van der Waals surface area contributed by atoms with E-state index >= 15 is 0 Å². The van der Waals surface area contributed by atoms with Crippen LogP contribution < -0.4 is 10.6 Å². The van der Waals surface area contributed by atoms with Crippen LogP contribution in [0.2, 0.25) is 0 Å². The van der Waals surface area contributed by atoms with Gasteiger partial charge in [-0.15, -0.1) is 10.2 Å². The van der Waals surface area contributed by atoms with Crippen LogP contribution in [0.25, 0.3) is 0 Å². The molecule has 1 atom stereocenters. The number of guanidine groups is 1. The summed E-state index contributed by atoms with van der Waals surface area (Å²) in [5.74, 6) is 2.41. The normalized spacial score (nSPS) is 13.4. The maximum absolute atomic E-state index is 5.07. The van der Waals surface area contributed by atoms with Crippen molar-refractivity contribution in [3.63, 3.8) is 0 Å². The van der Waals surface area contributed by atoms with Crippen molar-refractivity contribution in [3.8, 4) is 0 Å². The average Bonchev–Trinajstić information content (AvgIpc) is 2.98. The number of ether oxygens (including phenoxy) is 1. The van der Waals surface area contributed by atoms with Crippen LogP contribution in [-0.2, 0) is 17.7 Å². The molecule has 0 bridgehead atoms. The third kappa shape index (κ3) is 7.45. The van der Waals surface area contributed by atoms with Crippen molar-refractivity contribution < 1.29 is 4.74 Å². The zero-order valence-electron chi connectivity index (χ0n) is 15.2. The van der Waals surface area contributed by atoms with Crippen molar-refractivity contribution in [1.82, 2.24) is 25.4 Å². The number of hydrogen-bond donors (Lipinski definition) is 2. The van der Waals surface area contributed by atoms with Gasteiger partial charge in [-0.1, -0.05) is 20.8 Å². The summed E-state index contributed by atoms with van der Waals surface area (Å²) in [7, 11) is 1.71. The lowest BCUT2D eigenvalue weighted by Gasteiger charge is -2.21. The maximum Gasteiger partial charge on any atom is 0.191 e. The monoisotopic (exact) mass is 324 g/mol. The second kappa shape index (κ2) is 11.0. The number of nitrogens with zero attached hydrogens (tertiary/aromatic N) is 4. The van der Waals surface area contributed by atoms with Crippen LogP contribution in [0.5, 0.6) is 0 Å². The summed E-state index contributed by atoms with van der Waals surface area (Å²) in [6.07, 6.45) is 3.59. The Bertz CT molecular complexity index is 457. The molecule has 0 aromatic carbocycles. The van der Waals surface area contributed by atoms with E-state index < -0.39 is 0 Å². The third-order valence-corrected chi connectivity index (χ3v) is 3.80. The van der Waals surface area contributed by atoms with Crippen molar-refractivity contribution in [1.29, 1.82) is 0 Å². The van der Waals surface area contributed by atoms with Crippen LogP contribution in [0.1, 0.15) is 39.9 Å². The van der Waals surface area contributed by atoms with Gasteiger partial charge in [0.15, 0.2) is 5.96 Å². The molecule has 0 amide bonds. The summed E-state index contributed by atoms with van der Waals surface area (Å²) in [5.41, 5.74) is 0. The SMILES string of the molecule is CCc1nncn1CCNC(=NCCCOC)NC(C)C(C)C. The summed E-state index contributed by atoms with van der Waals surface area (Å²) >= 11 is 0. The van der Waals surface area contributed by atoms with Gasteiger partial charge in [-0.3, -0.25) is 4.99 Å².